The molecule has 0 spiro atoms. The van der Waals surface area contributed by atoms with Crippen molar-refractivity contribution in [2.75, 3.05) is 4.90 Å². The molecule has 5 heteroatoms. The number of amides is 1. The number of hydrogen-bond acceptors (Lipinski definition) is 2. The predicted molar refractivity (Wildman–Crippen MR) is 116 cm³/mol. The van der Waals surface area contributed by atoms with Gasteiger partial charge in [-0.1, -0.05) is 35.9 Å². The lowest BCUT2D eigenvalue weighted by Crippen LogP contribution is -2.20. The van der Waals surface area contributed by atoms with Crippen molar-refractivity contribution < 1.29 is 14.7 Å². The van der Waals surface area contributed by atoms with Gasteiger partial charge in [0.05, 0.1) is 16.8 Å². The largest absolute Gasteiger partial charge is 0.478 e. The third kappa shape index (κ3) is 3.22. The van der Waals surface area contributed by atoms with Crippen LogP contribution in [0.3, 0.4) is 0 Å². The number of anilines is 2. The molecule has 3 aromatic rings. The Morgan fingerprint density at radius 1 is 0.966 bits per heavy atom. The molecule has 0 radical (unpaired) electrons. The van der Waals surface area contributed by atoms with Crippen LogP contribution in [0.15, 0.2) is 60.7 Å². The number of halogens is 1. The van der Waals surface area contributed by atoms with E-state index in [4.69, 9.17) is 16.7 Å². The molecule has 3 aromatic carbocycles. The first-order valence-corrected chi connectivity index (χ1v) is 9.51. The Kier molecular flexibility index (Phi) is 4.73. The van der Waals surface area contributed by atoms with Crippen LogP contribution in [0.25, 0.3) is 11.6 Å². The molecule has 0 saturated heterocycles. The Hall–Kier alpha value is -3.37. The van der Waals surface area contributed by atoms with Gasteiger partial charge in [0.15, 0.2) is 0 Å². The molecule has 0 aromatic heterocycles. The van der Waals surface area contributed by atoms with Gasteiger partial charge in [0, 0.05) is 16.3 Å². The molecule has 0 fully saturated rings. The van der Waals surface area contributed by atoms with E-state index in [2.05, 4.69) is 0 Å². The third-order valence-corrected chi connectivity index (χ3v) is 5.46. The van der Waals surface area contributed by atoms with Crippen LogP contribution in [0.1, 0.15) is 32.6 Å². The molecule has 1 N–H and O–H groups in total. The summed E-state index contributed by atoms with van der Waals surface area (Å²) in [6.07, 6.45) is 1.84. The van der Waals surface area contributed by atoms with E-state index in [0.29, 0.717) is 16.3 Å². The van der Waals surface area contributed by atoms with Gasteiger partial charge < -0.3 is 5.11 Å². The Morgan fingerprint density at radius 3 is 2.28 bits per heavy atom. The van der Waals surface area contributed by atoms with E-state index in [1.807, 2.05) is 56.3 Å². The second-order valence-electron chi connectivity index (χ2n) is 6.99. The second kappa shape index (κ2) is 7.22. The molecular weight excluding hydrogens is 386 g/mol. The van der Waals surface area contributed by atoms with E-state index in [9.17, 15) is 9.59 Å². The topological polar surface area (TPSA) is 57.6 Å². The first-order chi connectivity index (χ1) is 13.9. The average molecular weight is 404 g/mol. The van der Waals surface area contributed by atoms with Gasteiger partial charge in [-0.3, -0.25) is 9.69 Å². The zero-order valence-corrected chi connectivity index (χ0v) is 16.7. The molecule has 1 amide bonds. The van der Waals surface area contributed by atoms with Crippen LogP contribution in [0.5, 0.6) is 0 Å². The highest BCUT2D eigenvalue weighted by atomic mass is 35.5. The van der Waals surface area contributed by atoms with Gasteiger partial charge in [-0.05, 0) is 73.0 Å². The van der Waals surface area contributed by atoms with E-state index in [-0.39, 0.29) is 11.5 Å². The van der Waals surface area contributed by atoms with Crippen molar-refractivity contribution in [2.45, 2.75) is 13.8 Å². The molecule has 0 atom stereocenters. The fourth-order valence-corrected chi connectivity index (χ4v) is 3.92. The average Bonchev–Trinajstić information content (AvgIpc) is 2.97. The van der Waals surface area contributed by atoms with E-state index < -0.39 is 5.97 Å². The number of carboxylic acid groups (broad SMARTS) is 1. The zero-order chi connectivity index (χ0) is 20.7. The maximum Gasteiger partial charge on any atom is 0.335 e. The standard InChI is InChI=1S/C24H18ClNO3/c1-14-5-3-7-20(25)18(14)13-19-22-15(2)6-4-8-21(22)26(23(19)27)17-11-9-16(10-12-17)24(28)29/h3-13H,1-2H3,(H,28,29)/b19-13-. The highest BCUT2D eigenvalue weighted by Gasteiger charge is 2.34. The number of aryl methyl sites for hydroxylation is 2. The lowest BCUT2D eigenvalue weighted by Gasteiger charge is -2.17. The number of carbonyl (C=O) groups excluding carboxylic acids is 1. The number of carbonyl (C=O) groups is 2. The van der Waals surface area contributed by atoms with Gasteiger partial charge in [-0.2, -0.15) is 0 Å². The number of nitrogens with zero attached hydrogens (tertiary/aromatic N) is 1. The molecule has 0 unspecified atom stereocenters. The number of hydrogen-bond donors (Lipinski definition) is 1. The third-order valence-electron chi connectivity index (χ3n) is 5.13. The molecule has 0 bridgehead atoms. The van der Waals surface area contributed by atoms with Crippen molar-refractivity contribution >= 4 is 46.5 Å². The van der Waals surface area contributed by atoms with Crippen LogP contribution >= 0.6 is 11.6 Å². The summed E-state index contributed by atoms with van der Waals surface area (Å²) in [6.45, 7) is 3.93. The van der Waals surface area contributed by atoms with Crippen molar-refractivity contribution in [1.29, 1.82) is 0 Å². The highest BCUT2D eigenvalue weighted by molar-refractivity contribution is 6.39. The van der Waals surface area contributed by atoms with Crippen LogP contribution in [0.2, 0.25) is 5.02 Å². The number of rotatable bonds is 3. The number of aromatic carboxylic acids is 1. The van der Waals surface area contributed by atoms with E-state index in [1.165, 1.54) is 12.1 Å². The van der Waals surface area contributed by atoms with Gasteiger partial charge in [-0.15, -0.1) is 0 Å². The minimum Gasteiger partial charge on any atom is -0.478 e. The van der Waals surface area contributed by atoms with Crippen LogP contribution in [0.4, 0.5) is 11.4 Å². The van der Waals surface area contributed by atoms with Gasteiger partial charge in [0.2, 0.25) is 0 Å². The molecule has 1 aliphatic rings. The van der Waals surface area contributed by atoms with Crippen molar-refractivity contribution in [3.8, 4) is 0 Å². The number of fused-ring (bicyclic) bond motifs is 1. The number of benzene rings is 3. The van der Waals surface area contributed by atoms with Gasteiger partial charge in [-0.25, -0.2) is 4.79 Å². The molecular formula is C24H18ClNO3. The summed E-state index contributed by atoms with van der Waals surface area (Å²) in [4.78, 5) is 26.2. The van der Waals surface area contributed by atoms with Crippen molar-refractivity contribution in [3.63, 3.8) is 0 Å². The Bertz CT molecular complexity index is 1160. The van der Waals surface area contributed by atoms with Crippen LogP contribution < -0.4 is 4.90 Å². The van der Waals surface area contributed by atoms with Crippen LogP contribution in [-0.2, 0) is 4.79 Å². The summed E-state index contributed by atoms with van der Waals surface area (Å²) < 4.78 is 0. The zero-order valence-electron chi connectivity index (χ0n) is 15.9. The summed E-state index contributed by atoms with van der Waals surface area (Å²) >= 11 is 6.40. The summed E-state index contributed by atoms with van der Waals surface area (Å²) in [5, 5.41) is 9.73. The van der Waals surface area contributed by atoms with Gasteiger partial charge >= 0.3 is 5.97 Å². The summed E-state index contributed by atoms with van der Waals surface area (Å²) in [6, 6.07) is 17.7. The highest BCUT2D eigenvalue weighted by Crippen LogP contribution is 2.44. The molecule has 1 heterocycles. The smallest absolute Gasteiger partial charge is 0.335 e. The normalized spacial score (nSPS) is 14.4. The minimum atomic E-state index is -1.00. The quantitative estimate of drug-likeness (QED) is 0.556. The van der Waals surface area contributed by atoms with Crippen molar-refractivity contribution in [3.05, 3.63) is 93.5 Å². The minimum absolute atomic E-state index is 0.170. The van der Waals surface area contributed by atoms with E-state index in [1.54, 1.807) is 17.0 Å². The summed E-state index contributed by atoms with van der Waals surface area (Å²) in [5.41, 5.74) is 5.77. The Balaban J connectivity index is 1.89. The molecule has 4 nitrogen and oxygen atoms in total. The van der Waals surface area contributed by atoms with Crippen molar-refractivity contribution in [1.82, 2.24) is 0 Å². The van der Waals surface area contributed by atoms with Crippen LogP contribution in [0, 0.1) is 13.8 Å². The molecule has 144 valence electrons. The van der Waals surface area contributed by atoms with E-state index >= 15 is 0 Å². The van der Waals surface area contributed by atoms with E-state index in [0.717, 1.165) is 27.9 Å². The van der Waals surface area contributed by atoms with Crippen LogP contribution in [-0.4, -0.2) is 17.0 Å². The molecule has 0 aliphatic carbocycles. The number of carboxylic acids is 1. The first-order valence-electron chi connectivity index (χ1n) is 9.13. The second-order valence-corrected chi connectivity index (χ2v) is 7.40. The molecule has 4 rings (SSSR count). The molecule has 1 aliphatic heterocycles. The molecule has 0 saturated carbocycles. The fourth-order valence-electron chi connectivity index (χ4n) is 3.64. The lowest BCUT2D eigenvalue weighted by atomic mass is 9.98. The van der Waals surface area contributed by atoms with Gasteiger partial charge in [0.25, 0.3) is 5.91 Å². The molecule has 29 heavy (non-hydrogen) atoms. The first kappa shape index (κ1) is 19.0. The Morgan fingerprint density at radius 2 is 1.62 bits per heavy atom. The maximum atomic E-state index is 13.5. The van der Waals surface area contributed by atoms with Gasteiger partial charge in [0.1, 0.15) is 0 Å². The maximum absolute atomic E-state index is 13.5. The SMILES string of the molecule is Cc1cccc(Cl)c1/C=C1\C(=O)N(c2ccc(C(=O)O)cc2)c2cccc(C)c21. The summed E-state index contributed by atoms with van der Waals surface area (Å²) in [7, 11) is 0. The summed E-state index contributed by atoms with van der Waals surface area (Å²) in [5.74, 6) is -1.17. The fraction of sp³-hybridized carbons (Fsp3) is 0.0833. The monoisotopic (exact) mass is 403 g/mol. The Labute approximate surface area is 173 Å². The van der Waals surface area contributed by atoms with Crippen molar-refractivity contribution in [2.24, 2.45) is 0 Å². The lowest BCUT2D eigenvalue weighted by molar-refractivity contribution is -0.112. The predicted octanol–water partition coefficient (Wildman–Crippen LogP) is 5.87.